The molecule has 0 aliphatic carbocycles. The fraction of sp³-hybridized carbons (Fsp3) is 0.435. The summed E-state index contributed by atoms with van der Waals surface area (Å²) < 4.78 is 7.35. The van der Waals surface area contributed by atoms with E-state index in [0.717, 1.165) is 42.2 Å². The van der Waals surface area contributed by atoms with E-state index in [9.17, 15) is 10.5 Å². The van der Waals surface area contributed by atoms with Gasteiger partial charge >= 0.3 is 0 Å². The highest BCUT2D eigenvalue weighted by Gasteiger charge is 2.24. The number of likely N-dealkylation sites (tertiary alicyclic amines) is 1. The molecule has 0 amide bonds. The number of nitrogens with zero attached hydrogens (tertiary/aromatic N) is 5. The van der Waals surface area contributed by atoms with Gasteiger partial charge in [0.25, 0.3) is 0 Å². The van der Waals surface area contributed by atoms with Crippen LogP contribution in [0.5, 0.6) is 5.75 Å². The van der Waals surface area contributed by atoms with Crippen molar-refractivity contribution in [1.82, 2.24) is 9.47 Å². The van der Waals surface area contributed by atoms with Crippen LogP contribution in [0.1, 0.15) is 36.1 Å². The van der Waals surface area contributed by atoms with Crippen molar-refractivity contribution in [2.45, 2.75) is 32.4 Å². The highest BCUT2D eigenvalue weighted by atomic mass is 16.5. The molecule has 0 spiro atoms. The average Bonchev–Trinajstić information content (AvgIpc) is 3.14. The van der Waals surface area contributed by atoms with Gasteiger partial charge in [0.15, 0.2) is 5.92 Å². The van der Waals surface area contributed by atoms with Gasteiger partial charge in [-0.05, 0) is 55.3 Å². The highest BCUT2D eigenvalue weighted by Crippen LogP contribution is 2.23. The summed E-state index contributed by atoms with van der Waals surface area (Å²) in [6.07, 6.45) is 5.76. The van der Waals surface area contributed by atoms with Gasteiger partial charge in [-0.1, -0.05) is 18.6 Å². The zero-order chi connectivity index (χ0) is 20.6. The molecule has 1 aromatic carbocycles. The summed E-state index contributed by atoms with van der Waals surface area (Å²) in [6.45, 7) is 3.62. The van der Waals surface area contributed by atoms with Crippen LogP contribution in [-0.4, -0.2) is 42.4 Å². The topological polar surface area (TPSA) is 77.3 Å². The van der Waals surface area contributed by atoms with Crippen LogP contribution in [-0.2, 0) is 13.1 Å². The molecule has 0 N–H and O–H groups in total. The van der Waals surface area contributed by atoms with Crippen LogP contribution < -0.4 is 4.74 Å². The quantitative estimate of drug-likeness (QED) is 0.678. The van der Waals surface area contributed by atoms with E-state index in [1.165, 1.54) is 19.3 Å². The Morgan fingerprint density at radius 1 is 1.07 bits per heavy atom. The number of aromatic nitrogens is 1. The lowest BCUT2D eigenvalue weighted by Gasteiger charge is -2.27. The summed E-state index contributed by atoms with van der Waals surface area (Å²) in [6, 6.07) is 14.2. The third-order valence-electron chi connectivity index (χ3n) is 5.42. The normalized spacial score (nSPS) is 15.1. The molecule has 2 heterocycles. The molecule has 29 heavy (non-hydrogen) atoms. The Morgan fingerprint density at radius 3 is 2.34 bits per heavy atom. The first-order chi connectivity index (χ1) is 14.2. The van der Waals surface area contributed by atoms with Crippen molar-refractivity contribution in [3.8, 4) is 17.9 Å². The molecule has 6 nitrogen and oxygen atoms in total. The number of piperidine rings is 1. The van der Waals surface area contributed by atoms with E-state index in [1.54, 1.807) is 14.2 Å². The molecule has 1 aliphatic heterocycles. The van der Waals surface area contributed by atoms with Gasteiger partial charge in [0, 0.05) is 26.3 Å². The van der Waals surface area contributed by atoms with Gasteiger partial charge in [-0.25, -0.2) is 0 Å². The minimum atomic E-state index is -0.885. The second kappa shape index (κ2) is 9.91. The van der Waals surface area contributed by atoms with Crippen molar-refractivity contribution in [2.24, 2.45) is 10.9 Å². The number of aliphatic imine (C=N–C) groups is 1. The number of ether oxygens (including phenoxy) is 1. The molecule has 0 unspecified atom stereocenters. The average molecular weight is 390 g/mol. The fourth-order valence-corrected chi connectivity index (χ4v) is 3.90. The number of rotatable bonds is 7. The van der Waals surface area contributed by atoms with Crippen LogP contribution in [0.4, 0.5) is 0 Å². The molecule has 0 saturated carbocycles. The lowest BCUT2D eigenvalue weighted by Crippen LogP contribution is -2.30. The predicted molar refractivity (Wildman–Crippen MR) is 113 cm³/mol. The third-order valence-corrected chi connectivity index (χ3v) is 5.42. The second-order valence-electron chi connectivity index (χ2n) is 7.30. The number of hydrogen-bond donors (Lipinski definition) is 0. The summed E-state index contributed by atoms with van der Waals surface area (Å²) in [5.74, 6) is -0.0678. The first kappa shape index (κ1) is 20.6. The molecular weight excluding hydrogens is 362 g/mol. The van der Waals surface area contributed by atoms with E-state index in [0.29, 0.717) is 12.3 Å². The Bertz CT molecular complexity index is 910. The maximum absolute atomic E-state index is 9.49. The predicted octanol–water partition coefficient (Wildman–Crippen LogP) is 3.61. The molecule has 2 aromatic rings. The number of nitriles is 2. The van der Waals surface area contributed by atoms with Crippen LogP contribution in [0.2, 0.25) is 0 Å². The summed E-state index contributed by atoms with van der Waals surface area (Å²) in [4.78, 5) is 6.81. The molecule has 1 fully saturated rings. The maximum Gasteiger partial charge on any atom is 0.176 e. The van der Waals surface area contributed by atoms with Crippen LogP contribution in [0.25, 0.3) is 0 Å². The molecule has 1 saturated heterocycles. The van der Waals surface area contributed by atoms with E-state index in [1.807, 2.05) is 30.5 Å². The van der Waals surface area contributed by atoms with Crippen molar-refractivity contribution in [1.29, 1.82) is 10.5 Å². The van der Waals surface area contributed by atoms with Gasteiger partial charge in [-0.3, -0.25) is 9.89 Å². The minimum Gasteiger partial charge on any atom is -0.497 e. The fourth-order valence-electron chi connectivity index (χ4n) is 3.90. The van der Waals surface area contributed by atoms with Gasteiger partial charge < -0.3 is 9.30 Å². The zero-order valence-electron chi connectivity index (χ0n) is 17.1. The van der Waals surface area contributed by atoms with E-state index < -0.39 is 5.92 Å². The molecule has 1 aromatic heterocycles. The summed E-state index contributed by atoms with van der Waals surface area (Å²) in [5.41, 5.74) is 3.67. The van der Waals surface area contributed by atoms with Crippen LogP contribution in [0.3, 0.4) is 0 Å². The lowest BCUT2D eigenvalue weighted by molar-refractivity contribution is 0.221. The SMILES string of the molecule is CN=C(c1c(CN2CCCCC2)ccn1Cc1ccc(OC)cc1)C(C#N)C#N. The Morgan fingerprint density at radius 2 is 1.76 bits per heavy atom. The molecular formula is C23H27N5O. The lowest BCUT2D eigenvalue weighted by atomic mass is 9.99. The first-order valence-corrected chi connectivity index (χ1v) is 9.99. The summed E-state index contributed by atoms with van der Waals surface area (Å²) in [5, 5.41) is 19.0. The van der Waals surface area contributed by atoms with E-state index in [2.05, 4.69) is 32.7 Å². The summed E-state index contributed by atoms with van der Waals surface area (Å²) in [7, 11) is 3.31. The number of benzene rings is 1. The third kappa shape index (κ3) is 4.85. The largest absolute Gasteiger partial charge is 0.497 e. The minimum absolute atomic E-state index is 0.542. The molecule has 1 aliphatic rings. The van der Waals surface area contributed by atoms with E-state index in [-0.39, 0.29) is 0 Å². The Hall–Kier alpha value is -3.09. The molecule has 0 radical (unpaired) electrons. The monoisotopic (exact) mass is 389 g/mol. The molecule has 0 bridgehead atoms. The first-order valence-electron chi connectivity index (χ1n) is 9.99. The number of methoxy groups -OCH3 is 1. The Labute approximate surface area is 172 Å². The van der Waals surface area contributed by atoms with Crippen molar-refractivity contribution in [3.05, 3.63) is 53.3 Å². The Balaban J connectivity index is 1.96. The smallest absolute Gasteiger partial charge is 0.176 e. The van der Waals surface area contributed by atoms with Gasteiger partial charge in [0.2, 0.25) is 0 Å². The molecule has 6 heteroatoms. The van der Waals surface area contributed by atoms with Crippen molar-refractivity contribution in [3.63, 3.8) is 0 Å². The molecule has 0 atom stereocenters. The van der Waals surface area contributed by atoms with Crippen LogP contribution in [0, 0.1) is 28.6 Å². The standard InChI is InChI=1S/C23H27N5O/c1-26-22(20(14-24)15-25)23-19(17-27-11-4-3-5-12-27)10-13-28(23)16-18-6-8-21(29-2)9-7-18/h6-10,13,20H,3-5,11-12,16-17H2,1-2H3. The van der Waals surface area contributed by atoms with Crippen molar-refractivity contribution >= 4 is 5.71 Å². The van der Waals surface area contributed by atoms with E-state index >= 15 is 0 Å². The van der Waals surface area contributed by atoms with Crippen molar-refractivity contribution in [2.75, 3.05) is 27.2 Å². The second-order valence-corrected chi connectivity index (χ2v) is 7.30. The van der Waals surface area contributed by atoms with Crippen molar-refractivity contribution < 1.29 is 4.74 Å². The number of hydrogen-bond acceptors (Lipinski definition) is 5. The van der Waals surface area contributed by atoms with Crippen LogP contribution in [0.15, 0.2) is 41.5 Å². The highest BCUT2D eigenvalue weighted by molar-refractivity contribution is 6.05. The van der Waals surface area contributed by atoms with Gasteiger partial charge in [-0.2, -0.15) is 10.5 Å². The van der Waals surface area contributed by atoms with Gasteiger partial charge in [0.05, 0.1) is 30.7 Å². The van der Waals surface area contributed by atoms with E-state index in [4.69, 9.17) is 4.74 Å². The maximum atomic E-state index is 9.49. The summed E-state index contributed by atoms with van der Waals surface area (Å²) >= 11 is 0. The van der Waals surface area contributed by atoms with Crippen LogP contribution >= 0.6 is 0 Å². The molecule has 3 rings (SSSR count). The zero-order valence-corrected chi connectivity index (χ0v) is 17.1. The van der Waals surface area contributed by atoms with Gasteiger partial charge in [0.1, 0.15) is 5.75 Å². The molecule has 150 valence electrons. The Kier molecular flexibility index (Phi) is 7.05. The van der Waals surface area contributed by atoms with Gasteiger partial charge in [-0.15, -0.1) is 0 Å².